The lowest BCUT2D eigenvalue weighted by Gasteiger charge is -2.03. The summed E-state index contributed by atoms with van der Waals surface area (Å²) in [5.74, 6) is 8.99. The van der Waals surface area contributed by atoms with Gasteiger partial charge in [0.25, 0.3) is 0 Å². The summed E-state index contributed by atoms with van der Waals surface area (Å²) in [6.07, 6.45) is 0. The largest absolute Gasteiger partial charge is 0.316 e. The molecule has 0 saturated heterocycles. The zero-order chi connectivity index (χ0) is 5.70. The van der Waals surface area contributed by atoms with E-state index >= 15 is 0 Å². The quantitative estimate of drug-likeness (QED) is 0.285. The first-order chi connectivity index (χ1) is 3.35. The lowest BCUT2D eigenvalue weighted by molar-refractivity contribution is 0.172. The summed E-state index contributed by atoms with van der Waals surface area (Å²) in [7, 11) is -1.69. The van der Waals surface area contributed by atoms with Crippen LogP contribution in [0.5, 0.6) is 0 Å². The van der Waals surface area contributed by atoms with Crippen LogP contribution in [0.4, 0.5) is 0 Å². The Bertz CT molecular complexity index is 31.7. The minimum atomic E-state index is -1.69. The number of rotatable bonds is 3. The Kier molecular flexibility index (Phi) is 4.47. The molecule has 0 aliphatic carbocycles. The van der Waals surface area contributed by atoms with Gasteiger partial charge in [0.2, 0.25) is 0 Å². The minimum absolute atomic E-state index is 1.57. The summed E-state index contributed by atoms with van der Waals surface area (Å²) >= 11 is 0. The second-order valence-electron chi connectivity index (χ2n) is 0.568. The molecule has 6 N–H and O–H groups in total. The highest BCUT2D eigenvalue weighted by Crippen LogP contribution is 2.25. The van der Waals surface area contributed by atoms with Gasteiger partial charge in [-0.15, -0.1) is 5.25 Å². The zero-order valence-electron chi connectivity index (χ0n) is 3.37. The third-order valence-corrected chi connectivity index (χ3v) is 0.819. The van der Waals surface area contributed by atoms with Gasteiger partial charge in [0.05, 0.1) is 0 Å². The van der Waals surface area contributed by atoms with E-state index in [0.717, 1.165) is 0 Å². The van der Waals surface area contributed by atoms with Crippen molar-refractivity contribution in [1.29, 1.82) is 0 Å². The Hall–Kier alpha value is 0.190. The van der Waals surface area contributed by atoms with Crippen LogP contribution in [0.15, 0.2) is 0 Å². The molecule has 0 unspecified atom stereocenters. The predicted molar refractivity (Wildman–Crippen MR) is 22.4 cm³/mol. The van der Waals surface area contributed by atoms with Crippen molar-refractivity contribution in [1.82, 2.24) is 5.25 Å². The standard InChI is InChI=1S/H6N3O3P/c1-5-7(3-4)6-2/h3-4H,1-2H2. The van der Waals surface area contributed by atoms with Gasteiger partial charge >= 0.3 is 8.53 Å². The highest BCUT2D eigenvalue weighted by molar-refractivity contribution is 7.44. The van der Waals surface area contributed by atoms with Gasteiger partial charge < -0.3 is 5.21 Å². The number of nitrogens with one attached hydrogen (secondary N) is 1. The SMILES string of the molecule is NOP(NO)ON. The van der Waals surface area contributed by atoms with E-state index in [1.807, 2.05) is 0 Å². The van der Waals surface area contributed by atoms with Gasteiger partial charge in [-0.3, -0.25) is 0 Å². The molecule has 0 heterocycles. The smallest absolute Gasteiger partial charge is 0.309 e. The maximum absolute atomic E-state index is 7.89. The second-order valence-corrected chi connectivity index (χ2v) is 1.70. The molecule has 0 aromatic heterocycles. The highest BCUT2D eigenvalue weighted by atomic mass is 31.2. The summed E-state index contributed by atoms with van der Waals surface area (Å²) in [5, 5.41) is 9.47. The number of nitrogens with two attached hydrogens (primary N) is 2. The maximum atomic E-state index is 7.89. The Morgan fingerprint density at radius 1 is 1.43 bits per heavy atom. The topological polar surface area (TPSA) is 103 Å². The van der Waals surface area contributed by atoms with Crippen LogP contribution in [0.2, 0.25) is 0 Å². The van der Waals surface area contributed by atoms with Crippen LogP contribution >= 0.6 is 8.53 Å². The van der Waals surface area contributed by atoms with Crippen molar-refractivity contribution in [2.75, 3.05) is 0 Å². The first-order valence-electron chi connectivity index (χ1n) is 1.28. The van der Waals surface area contributed by atoms with Crippen molar-refractivity contribution < 1.29 is 14.5 Å². The van der Waals surface area contributed by atoms with Gasteiger partial charge in [-0.25, -0.2) is 21.0 Å². The molecule has 0 aliphatic rings. The minimum Gasteiger partial charge on any atom is -0.309 e. The van der Waals surface area contributed by atoms with E-state index in [4.69, 9.17) is 5.21 Å². The van der Waals surface area contributed by atoms with E-state index in [9.17, 15) is 0 Å². The van der Waals surface area contributed by atoms with E-state index in [1.54, 1.807) is 5.25 Å². The average Bonchev–Trinajstić information content (AvgIpc) is 1.72. The maximum Gasteiger partial charge on any atom is 0.316 e. The fourth-order valence-electron chi connectivity index (χ4n) is 0.0720. The van der Waals surface area contributed by atoms with Crippen molar-refractivity contribution >= 4 is 8.53 Å². The van der Waals surface area contributed by atoms with Crippen LogP contribution in [-0.2, 0) is 9.25 Å². The monoisotopic (exact) mass is 127 g/mol. The molecule has 7 heteroatoms. The normalized spacial score (nSPS) is 10.3. The van der Waals surface area contributed by atoms with Crippen LogP contribution in [-0.4, -0.2) is 5.21 Å². The third-order valence-electron chi connectivity index (χ3n) is 0.273. The first kappa shape index (κ1) is 7.19. The van der Waals surface area contributed by atoms with Crippen LogP contribution in [0.1, 0.15) is 0 Å². The molecule has 44 valence electrons. The van der Waals surface area contributed by atoms with Gasteiger partial charge in [-0.2, -0.15) is 0 Å². The molecule has 0 atom stereocenters. The Balaban J connectivity index is 2.99. The Labute approximate surface area is 41.2 Å². The summed E-state index contributed by atoms with van der Waals surface area (Å²) in [6, 6.07) is 0. The van der Waals surface area contributed by atoms with E-state index in [-0.39, 0.29) is 0 Å². The van der Waals surface area contributed by atoms with Gasteiger partial charge in [-0.1, -0.05) is 0 Å². The number of hydrogen-bond donors (Lipinski definition) is 4. The fourth-order valence-corrected chi connectivity index (χ4v) is 0.216. The molecule has 0 aliphatic heterocycles. The van der Waals surface area contributed by atoms with E-state index < -0.39 is 8.53 Å². The zero-order valence-corrected chi connectivity index (χ0v) is 4.26. The molecule has 0 aromatic carbocycles. The Morgan fingerprint density at radius 3 is 1.86 bits per heavy atom. The molecule has 0 aromatic rings. The van der Waals surface area contributed by atoms with Gasteiger partial charge in [0.1, 0.15) is 0 Å². The summed E-state index contributed by atoms with van der Waals surface area (Å²) in [5.41, 5.74) is 0. The third kappa shape index (κ3) is 2.84. The summed E-state index contributed by atoms with van der Waals surface area (Å²) in [6.45, 7) is 0. The predicted octanol–water partition coefficient (Wildman–Crippen LogP) is -1.03. The van der Waals surface area contributed by atoms with E-state index in [2.05, 4.69) is 21.0 Å². The van der Waals surface area contributed by atoms with Crippen molar-refractivity contribution in [2.24, 2.45) is 11.8 Å². The van der Waals surface area contributed by atoms with Crippen molar-refractivity contribution in [3.05, 3.63) is 0 Å². The van der Waals surface area contributed by atoms with Crippen molar-refractivity contribution in [3.8, 4) is 0 Å². The summed E-state index contributed by atoms with van der Waals surface area (Å²) in [4.78, 5) is 0. The van der Waals surface area contributed by atoms with Crippen LogP contribution in [0.25, 0.3) is 0 Å². The van der Waals surface area contributed by atoms with Crippen LogP contribution in [0, 0.1) is 0 Å². The molecular weight excluding hydrogens is 121 g/mol. The molecule has 0 saturated carbocycles. The molecule has 6 nitrogen and oxygen atoms in total. The molecular formula is H6N3O3P. The van der Waals surface area contributed by atoms with Crippen molar-refractivity contribution in [2.45, 2.75) is 0 Å². The van der Waals surface area contributed by atoms with Gasteiger partial charge in [-0.05, 0) is 0 Å². The lowest BCUT2D eigenvalue weighted by atomic mass is 13.5. The van der Waals surface area contributed by atoms with Gasteiger partial charge in [0.15, 0.2) is 0 Å². The average molecular weight is 127 g/mol. The van der Waals surface area contributed by atoms with Crippen LogP contribution in [0.3, 0.4) is 0 Å². The molecule has 7 heavy (non-hydrogen) atoms. The fraction of sp³-hybridized carbons (Fsp3) is 0. The molecule has 0 rings (SSSR count). The number of hydrogen-bond acceptors (Lipinski definition) is 6. The van der Waals surface area contributed by atoms with E-state index in [1.165, 1.54) is 0 Å². The molecule has 0 bridgehead atoms. The molecule has 0 radical (unpaired) electrons. The highest BCUT2D eigenvalue weighted by Gasteiger charge is 2.02. The van der Waals surface area contributed by atoms with Crippen LogP contribution < -0.4 is 17.0 Å². The molecule has 0 amide bonds. The van der Waals surface area contributed by atoms with Gasteiger partial charge in [0, 0.05) is 0 Å². The lowest BCUT2D eigenvalue weighted by Crippen LogP contribution is -2.11. The summed E-state index contributed by atoms with van der Waals surface area (Å²) < 4.78 is 7.81. The van der Waals surface area contributed by atoms with Crippen molar-refractivity contribution in [3.63, 3.8) is 0 Å². The van der Waals surface area contributed by atoms with E-state index in [0.29, 0.717) is 0 Å². The second kappa shape index (κ2) is 4.35. The Morgan fingerprint density at radius 2 is 1.86 bits per heavy atom. The molecule has 0 spiro atoms. The first-order valence-corrected chi connectivity index (χ1v) is 2.46. The molecule has 0 fully saturated rings.